The predicted octanol–water partition coefficient (Wildman–Crippen LogP) is 6.63. The summed E-state index contributed by atoms with van der Waals surface area (Å²) in [5.74, 6) is 0.723. The molecule has 0 spiro atoms. The van der Waals surface area contributed by atoms with E-state index in [9.17, 15) is 4.39 Å². The van der Waals surface area contributed by atoms with E-state index in [1.165, 1.54) is 18.9 Å². The van der Waals surface area contributed by atoms with Gasteiger partial charge in [0.05, 0.1) is 6.10 Å². The van der Waals surface area contributed by atoms with Gasteiger partial charge < -0.3 is 9.47 Å². The molecule has 0 radical (unpaired) electrons. The zero-order valence-corrected chi connectivity index (χ0v) is 18.1. The summed E-state index contributed by atoms with van der Waals surface area (Å²) in [5.41, 5.74) is 1.08. The van der Waals surface area contributed by atoms with E-state index in [-0.39, 0.29) is 5.82 Å². The van der Waals surface area contributed by atoms with Gasteiger partial charge in [0.2, 0.25) is 0 Å². The molecule has 0 aliphatic heterocycles. The standard InChI is InChI=1S/C25H33FN2O2/c1-4-6-10-16-29-20(3)11-8-7-9-12-25-27-18-21(19-28-25)23-14-13-22(17-24(23)26)30-15-5-2/h5,9,12-14,17-20H,2,4,6-8,10-11,15-16H2,1,3H3/b12-9+. The van der Waals surface area contributed by atoms with Crippen LogP contribution in [0.3, 0.4) is 0 Å². The maximum absolute atomic E-state index is 14.3. The molecular formula is C25H33FN2O2. The Kier molecular flexibility index (Phi) is 10.8. The van der Waals surface area contributed by atoms with Gasteiger partial charge in [-0.25, -0.2) is 14.4 Å². The fraction of sp³-hybridized carbons (Fsp3) is 0.440. The molecule has 0 bridgehead atoms. The van der Waals surface area contributed by atoms with Gasteiger partial charge in [0, 0.05) is 36.2 Å². The lowest BCUT2D eigenvalue weighted by Crippen LogP contribution is -2.08. The predicted molar refractivity (Wildman–Crippen MR) is 121 cm³/mol. The van der Waals surface area contributed by atoms with Crippen LogP contribution < -0.4 is 4.74 Å². The van der Waals surface area contributed by atoms with Crippen LogP contribution in [0, 0.1) is 5.82 Å². The Morgan fingerprint density at radius 1 is 1.17 bits per heavy atom. The van der Waals surface area contributed by atoms with Gasteiger partial charge in [-0.05, 0) is 50.8 Å². The molecule has 1 unspecified atom stereocenters. The lowest BCUT2D eigenvalue weighted by atomic mass is 10.1. The molecule has 0 aliphatic rings. The van der Waals surface area contributed by atoms with Crippen molar-refractivity contribution in [3.05, 3.63) is 61.0 Å². The molecule has 0 saturated carbocycles. The molecule has 2 rings (SSSR count). The van der Waals surface area contributed by atoms with E-state index >= 15 is 0 Å². The summed E-state index contributed by atoms with van der Waals surface area (Å²) >= 11 is 0. The number of hydrogen-bond acceptors (Lipinski definition) is 4. The summed E-state index contributed by atoms with van der Waals surface area (Å²) < 4.78 is 25.5. The molecule has 0 N–H and O–H groups in total. The van der Waals surface area contributed by atoms with Crippen molar-refractivity contribution in [2.75, 3.05) is 13.2 Å². The third-order valence-corrected chi connectivity index (χ3v) is 4.69. The van der Waals surface area contributed by atoms with Gasteiger partial charge in [0.15, 0.2) is 5.82 Å². The molecule has 0 saturated heterocycles. The van der Waals surface area contributed by atoms with Crippen molar-refractivity contribution < 1.29 is 13.9 Å². The van der Waals surface area contributed by atoms with Crippen molar-refractivity contribution in [1.82, 2.24) is 9.97 Å². The highest BCUT2D eigenvalue weighted by molar-refractivity contribution is 5.63. The second-order valence-corrected chi connectivity index (χ2v) is 7.29. The molecule has 1 aromatic carbocycles. The Morgan fingerprint density at radius 2 is 1.97 bits per heavy atom. The molecule has 1 aromatic heterocycles. The molecule has 0 fully saturated rings. The van der Waals surface area contributed by atoms with Gasteiger partial charge in [-0.3, -0.25) is 0 Å². The summed E-state index contributed by atoms with van der Waals surface area (Å²) in [6.07, 6.45) is 15.8. The van der Waals surface area contributed by atoms with Crippen molar-refractivity contribution in [2.24, 2.45) is 0 Å². The highest BCUT2D eigenvalue weighted by Crippen LogP contribution is 2.25. The summed E-state index contributed by atoms with van der Waals surface area (Å²) in [4.78, 5) is 8.65. The molecule has 1 heterocycles. The minimum Gasteiger partial charge on any atom is -0.489 e. The first-order valence-electron chi connectivity index (χ1n) is 10.8. The molecular weight excluding hydrogens is 379 g/mol. The molecule has 0 aliphatic carbocycles. The number of rotatable bonds is 14. The second-order valence-electron chi connectivity index (χ2n) is 7.29. The van der Waals surface area contributed by atoms with Crippen molar-refractivity contribution in [3.8, 4) is 16.9 Å². The third-order valence-electron chi connectivity index (χ3n) is 4.69. The van der Waals surface area contributed by atoms with Gasteiger partial charge in [-0.15, -0.1) is 0 Å². The van der Waals surface area contributed by atoms with Crippen LogP contribution in [0.25, 0.3) is 17.2 Å². The number of aromatic nitrogens is 2. The topological polar surface area (TPSA) is 44.2 Å². The fourth-order valence-electron chi connectivity index (χ4n) is 2.97. The Labute approximate surface area is 179 Å². The molecule has 0 amide bonds. The lowest BCUT2D eigenvalue weighted by Gasteiger charge is -2.11. The van der Waals surface area contributed by atoms with Crippen LogP contribution in [-0.2, 0) is 4.74 Å². The van der Waals surface area contributed by atoms with Crippen molar-refractivity contribution in [1.29, 1.82) is 0 Å². The largest absolute Gasteiger partial charge is 0.489 e. The molecule has 1 atom stereocenters. The third kappa shape index (κ3) is 8.46. The normalized spacial score (nSPS) is 12.2. The first-order chi connectivity index (χ1) is 14.6. The van der Waals surface area contributed by atoms with Crippen molar-refractivity contribution in [3.63, 3.8) is 0 Å². The Balaban J connectivity index is 1.78. The number of allylic oxidation sites excluding steroid dienone is 1. The zero-order chi connectivity index (χ0) is 21.6. The number of unbranched alkanes of at least 4 members (excludes halogenated alkanes) is 3. The van der Waals surface area contributed by atoms with Crippen LogP contribution in [-0.4, -0.2) is 29.3 Å². The minimum absolute atomic E-state index is 0.300. The summed E-state index contributed by atoms with van der Waals surface area (Å²) in [5, 5.41) is 0. The van der Waals surface area contributed by atoms with Crippen LogP contribution in [0.5, 0.6) is 5.75 Å². The highest BCUT2D eigenvalue weighted by atomic mass is 19.1. The summed E-state index contributed by atoms with van der Waals surface area (Å²) in [6, 6.07) is 4.76. The maximum Gasteiger partial charge on any atom is 0.151 e. The minimum atomic E-state index is -0.366. The van der Waals surface area contributed by atoms with E-state index in [0.29, 0.717) is 35.4 Å². The highest BCUT2D eigenvalue weighted by Gasteiger charge is 2.08. The Morgan fingerprint density at radius 3 is 2.67 bits per heavy atom. The van der Waals surface area contributed by atoms with E-state index in [1.54, 1.807) is 30.6 Å². The SMILES string of the molecule is C=CCOc1ccc(-c2cnc(/C=C/CCCC(C)OCCCCC)nc2)c(F)c1. The molecule has 30 heavy (non-hydrogen) atoms. The van der Waals surface area contributed by atoms with Crippen LogP contribution in [0.15, 0.2) is 49.3 Å². The lowest BCUT2D eigenvalue weighted by molar-refractivity contribution is 0.0566. The molecule has 162 valence electrons. The Hall–Kier alpha value is -2.53. The fourth-order valence-corrected chi connectivity index (χ4v) is 2.97. The van der Waals surface area contributed by atoms with Crippen LogP contribution in [0.4, 0.5) is 4.39 Å². The van der Waals surface area contributed by atoms with E-state index in [4.69, 9.17) is 9.47 Å². The van der Waals surface area contributed by atoms with E-state index in [0.717, 1.165) is 32.3 Å². The molecule has 5 heteroatoms. The van der Waals surface area contributed by atoms with Gasteiger partial charge in [0.25, 0.3) is 0 Å². The van der Waals surface area contributed by atoms with Gasteiger partial charge in [0.1, 0.15) is 18.2 Å². The van der Waals surface area contributed by atoms with Crippen LogP contribution in [0.2, 0.25) is 0 Å². The average molecular weight is 413 g/mol. The van der Waals surface area contributed by atoms with Crippen molar-refractivity contribution >= 4 is 6.08 Å². The van der Waals surface area contributed by atoms with Crippen LogP contribution in [0.1, 0.15) is 58.2 Å². The van der Waals surface area contributed by atoms with Gasteiger partial charge in [-0.2, -0.15) is 0 Å². The molecule has 2 aromatic rings. The second kappa shape index (κ2) is 13.6. The molecule has 4 nitrogen and oxygen atoms in total. The summed E-state index contributed by atoms with van der Waals surface area (Å²) in [6.45, 7) is 9.11. The zero-order valence-electron chi connectivity index (χ0n) is 18.1. The number of benzene rings is 1. The van der Waals surface area contributed by atoms with E-state index < -0.39 is 0 Å². The number of nitrogens with zero attached hydrogens (tertiary/aromatic N) is 2. The summed E-state index contributed by atoms with van der Waals surface area (Å²) in [7, 11) is 0. The first kappa shape index (κ1) is 23.7. The monoisotopic (exact) mass is 412 g/mol. The quantitative estimate of drug-likeness (QED) is 0.258. The average Bonchev–Trinajstić information content (AvgIpc) is 2.76. The number of ether oxygens (including phenoxy) is 2. The van der Waals surface area contributed by atoms with E-state index in [1.807, 2.05) is 6.08 Å². The van der Waals surface area contributed by atoms with Gasteiger partial charge in [-0.1, -0.05) is 38.5 Å². The first-order valence-corrected chi connectivity index (χ1v) is 10.8. The smallest absolute Gasteiger partial charge is 0.151 e. The van der Waals surface area contributed by atoms with E-state index in [2.05, 4.69) is 36.5 Å². The number of hydrogen-bond donors (Lipinski definition) is 0. The Bertz CT molecular complexity index is 790. The maximum atomic E-state index is 14.3. The van der Waals surface area contributed by atoms with Crippen LogP contribution >= 0.6 is 0 Å². The van der Waals surface area contributed by atoms with Crippen molar-refractivity contribution in [2.45, 2.75) is 58.5 Å². The van der Waals surface area contributed by atoms with Gasteiger partial charge >= 0.3 is 0 Å². The number of halogens is 1.